The van der Waals surface area contributed by atoms with Crippen molar-refractivity contribution < 1.29 is 0 Å². The molecule has 1 aromatic rings. The van der Waals surface area contributed by atoms with Gasteiger partial charge in [0.15, 0.2) is 5.69 Å². The number of nitrogens with zero attached hydrogens (tertiary/aromatic N) is 3. The molecule has 1 fully saturated rings. The number of fused-ring (bicyclic) bond motifs is 4. The second-order valence-corrected chi connectivity index (χ2v) is 7.39. The van der Waals surface area contributed by atoms with E-state index in [1.807, 2.05) is 24.3 Å². The maximum Gasteiger partial charge on any atom is 0.310 e. The molecule has 0 amide bonds. The normalized spacial score (nSPS) is 31.0. The van der Waals surface area contributed by atoms with E-state index in [9.17, 15) is 5.21 Å². The molecule has 0 radical (unpaired) electrons. The minimum absolute atomic E-state index is 0.335. The first-order valence-corrected chi connectivity index (χ1v) is 9.39. The first kappa shape index (κ1) is 15.9. The average molecular weight is 325 g/mol. The van der Waals surface area contributed by atoms with Gasteiger partial charge < -0.3 is 5.21 Å². The summed E-state index contributed by atoms with van der Waals surface area (Å²) >= 11 is 0. The topological polar surface area (TPSA) is 38.7 Å². The first-order valence-electron chi connectivity index (χ1n) is 9.39. The molecule has 0 spiro atoms. The Kier molecular flexibility index (Phi) is 4.19. The maximum absolute atomic E-state index is 13.8. The maximum atomic E-state index is 13.8. The van der Waals surface area contributed by atoms with Crippen LogP contribution in [-0.2, 0) is 0 Å². The van der Waals surface area contributed by atoms with Crippen molar-refractivity contribution in [3.63, 3.8) is 0 Å². The van der Waals surface area contributed by atoms with Crippen molar-refractivity contribution in [2.75, 3.05) is 18.0 Å². The Morgan fingerprint density at radius 2 is 2.08 bits per heavy atom. The van der Waals surface area contributed by atoms with Crippen LogP contribution >= 0.6 is 0 Å². The summed E-state index contributed by atoms with van der Waals surface area (Å²) in [5.74, 6) is 1.20. The summed E-state index contributed by atoms with van der Waals surface area (Å²) in [6, 6.07) is 8.48. The third kappa shape index (κ3) is 2.49. The highest BCUT2D eigenvalue weighted by Crippen LogP contribution is 2.46. The number of hydrogen-bond acceptors (Lipinski definition) is 3. The van der Waals surface area contributed by atoms with E-state index in [1.165, 1.54) is 12.8 Å². The van der Waals surface area contributed by atoms with E-state index in [-0.39, 0.29) is 4.65 Å². The van der Waals surface area contributed by atoms with Crippen molar-refractivity contribution in [1.29, 1.82) is 0 Å². The molecule has 2 aliphatic heterocycles. The van der Waals surface area contributed by atoms with Crippen LogP contribution in [0.5, 0.6) is 0 Å². The number of hydrogen-bond donors (Lipinski definition) is 0. The molecular weight excluding hydrogens is 298 g/mol. The molecule has 3 unspecified atom stereocenters. The fourth-order valence-electron chi connectivity index (χ4n) is 4.58. The highest BCUT2D eigenvalue weighted by atomic mass is 16.6. The van der Waals surface area contributed by atoms with Crippen LogP contribution in [0.1, 0.15) is 44.9 Å². The predicted octanol–water partition coefficient (Wildman–Crippen LogP) is 4.60. The Morgan fingerprint density at radius 3 is 2.96 bits per heavy atom. The van der Waals surface area contributed by atoms with Gasteiger partial charge in [-0.2, -0.15) is 0 Å². The lowest BCUT2D eigenvalue weighted by atomic mass is 9.83. The standard InChI is InChI=1S/C20H27N3O/c1-2-3-4-9-14-22-18-12-7-8-13-19(18)23(24)15-16-10-5-6-11-17(16)21-20(22)23/h2,7-8,12-13,16-17H,1,3-6,9-11,14-15H2. The second-order valence-electron chi connectivity index (χ2n) is 7.39. The first-order chi connectivity index (χ1) is 11.7. The van der Waals surface area contributed by atoms with E-state index in [1.54, 1.807) is 0 Å². The number of anilines is 1. The molecule has 3 aliphatic rings. The van der Waals surface area contributed by atoms with Crippen LogP contribution in [0, 0.1) is 11.1 Å². The molecule has 1 aliphatic carbocycles. The number of aliphatic imine (C=N–C) groups is 1. The van der Waals surface area contributed by atoms with Gasteiger partial charge >= 0.3 is 5.96 Å². The lowest BCUT2D eigenvalue weighted by Gasteiger charge is -2.46. The number of hydroxylamine groups is 2. The van der Waals surface area contributed by atoms with Crippen molar-refractivity contribution in [2.24, 2.45) is 10.9 Å². The summed E-state index contributed by atoms with van der Waals surface area (Å²) in [6.45, 7) is 5.35. The summed E-state index contributed by atoms with van der Waals surface area (Å²) in [7, 11) is 0. The average Bonchev–Trinajstić information content (AvgIpc) is 2.85. The summed E-state index contributed by atoms with van der Waals surface area (Å²) in [5, 5.41) is 13.8. The third-order valence-electron chi connectivity index (χ3n) is 5.81. The summed E-state index contributed by atoms with van der Waals surface area (Å²) in [4.78, 5) is 7.22. The van der Waals surface area contributed by atoms with Gasteiger partial charge in [0.2, 0.25) is 0 Å². The molecule has 4 heteroatoms. The second kappa shape index (κ2) is 6.34. The van der Waals surface area contributed by atoms with Crippen LogP contribution in [0.25, 0.3) is 0 Å². The highest BCUT2D eigenvalue weighted by molar-refractivity contribution is 6.13. The summed E-state index contributed by atoms with van der Waals surface area (Å²) < 4.78 is -0.335. The molecule has 0 saturated heterocycles. The van der Waals surface area contributed by atoms with Crippen LogP contribution in [0.15, 0.2) is 41.9 Å². The van der Waals surface area contributed by atoms with Crippen LogP contribution in [-0.4, -0.2) is 25.1 Å². The van der Waals surface area contributed by atoms with Crippen molar-refractivity contribution in [3.8, 4) is 0 Å². The van der Waals surface area contributed by atoms with Gasteiger partial charge in [-0.1, -0.05) is 31.1 Å². The lowest BCUT2D eigenvalue weighted by molar-refractivity contribution is 0.251. The zero-order valence-electron chi connectivity index (χ0n) is 14.4. The molecule has 3 atom stereocenters. The largest absolute Gasteiger partial charge is 0.619 e. The van der Waals surface area contributed by atoms with Gasteiger partial charge in [-0.3, -0.25) is 9.55 Å². The molecular formula is C20H27N3O. The Hall–Kier alpha value is -1.65. The Labute approximate surface area is 144 Å². The SMILES string of the molecule is C=CCCCCN1C2=NC3CCCCC3C[N+]2([O-])c2ccccc21. The number of unbranched alkanes of at least 4 members (excludes halogenated alkanes) is 2. The van der Waals surface area contributed by atoms with Gasteiger partial charge in [-0.25, -0.2) is 4.99 Å². The number of benzene rings is 1. The Balaban J connectivity index is 1.68. The Bertz CT molecular complexity index is 656. The molecule has 0 aromatic heterocycles. The fraction of sp³-hybridized carbons (Fsp3) is 0.550. The smallest absolute Gasteiger partial charge is 0.310 e. The van der Waals surface area contributed by atoms with Crippen molar-refractivity contribution in [1.82, 2.24) is 4.65 Å². The van der Waals surface area contributed by atoms with E-state index in [4.69, 9.17) is 4.99 Å². The molecule has 1 aromatic carbocycles. The molecule has 4 rings (SSSR count). The number of para-hydroxylation sites is 2. The van der Waals surface area contributed by atoms with E-state index in [0.29, 0.717) is 18.5 Å². The van der Waals surface area contributed by atoms with Crippen LogP contribution in [0.3, 0.4) is 0 Å². The van der Waals surface area contributed by atoms with Gasteiger partial charge in [0.05, 0.1) is 12.6 Å². The molecule has 0 N–H and O–H groups in total. The van der Waals surface area contributed by atoms with Crippen molar-refractivity contribution in [2.45, 2.75) is 51.0 Å². The predicted molar refractivity (Wildman–Crippen MR) is 101 cm³/mol. The zero-order chi connectivity index (χ0) is 16.6. The van der Waals surface area contributed by atoms with E-state index < -0.39 is 0 Å². The number of guanidine groups is 1. The summed E-state index contributed by atoms with van der Waals surface area (Å²) in [5.41, 5.74) is 1.97. The summed E-state index contributed by atoms with van der Waals surface area (Å²) in [6.07, 6.45) is 9.98. The fourth-order valence-corrected chi connectivity index (χ4v) is 4.58. The van der Waals surface area contributed by atoms with E-state index >= 15 is 0 Å². The minimum atomic E-state index is -0.335. The number of quaternary nitrogens is 1. The number of rotatable bonds is 5. The van der Waals surface area contributed by atoms with Crippen molar-refractivity contribution in [3.05, 3.63) is 42.1 Å². The molecule has 24 heavy (non-hydrogen) atoms. The molecule has 128 valence electrons. The quantitative estimate of drug-likeness (QED) is 0.343. The number of allylic oxidation sites excluding steroid dienone is 1. The monoisotopic (exact) mass is 325 g/mol. The van der Waals surface area contributed by atoms with E-state index in [2.05, 4.69) is 17.5 Å². The van der Waals surface area contributed by atoms with Gasteiger partial charge in [-0.05, 0) is 38.2 Å². The highest BCUT2D eigenvalue weighted by Gasteiger charge is 2.49. The molecule has 4 nitrogen and oxygen atoms in total. The van der Waals surface area contributed by atoms with Crippen molar-refractivity contribution >= 4 is 17.3 Å². The Morgan fingerprint density at radius 1 is 1.25 bits per heavy atom. The molecule has 1 saturated carbocycles. The minimum Gasteiger partial charge on any atom is -0.619 e. The van der Waals surface area contributed by atoms with Crippen LogP contribution < -0.4 is 9.55 Å². The van der Waals surface area contributed by atoms with Gasteiger partial charge in [-0.15, -0.1) is 6.58 Å². The molecule has 2 heterocycles. The van der Waals surface area contributed by atoms with E-state index in [0.717, 1.165) is 56.0 Å². The van der Waals surface area contributed by atoms with Gasteiger partial charge in [0.25, 0.3) is 0 Å². The lowest BCUT2D eigenvalue weighted by Crippen LogP contribution is -2.59. The molecule has 0 bridgehead atoms. The zero-order valence-corrected chi connectivity index (χ0v) is 14.4. The van der Waals surface area contributed by atoms with Gasteiger partial charge in [0.1, 0.15) is 5.69 Å². The third-order valence-corrected chi connectivity index (χ3v) is 5.81. The van der Waals surface area contributed by atoms with Crippen LogP contribution in [0.2, 0.25) is 0 Å². The van der Waals surface area contributed by atoms with Gasteiger partial charge in [0, 0.05) is 18.5 Å². The van der Waals surface area contributed by atoms with Crippen LogP contribution in [0.4, 0.5) is 11.4 Å².